The maximum Gasteiger partial charge on any atom is 0.312 e. The zero-order valence-electron chi connectivity index (χ0n) is 8.83. The van der Waals surface area contributed by atoms with Gasteiger partial charge in [-0.05, 0) is 25.2 Å². The molecule has 0 saturated carbocycles. The highest BCUT2D eigenvalue weighted by Gasteiger charge is 2.42. The Hall–Kier alpha value is -0.790. The Bertz CT molecular complexity index is 232. The number of ether oxygens (including phenoxy) is 1. The molecule has 0 aromatic rings. The molecule has 0 fully saturated rings. The third-order valence-electron chi connectivity index (χ3n) is 3.43. The van der Waals surface area contributed by atoms with Gasteiger partial charge in [0, 0.05) is 0 Å². The Morgan fingerprint density at radius 2 is 2.15 bits per heavy atom. The molecule has 0 bridgehead atoms. The lowest BCUT2D eigenvalue weighted by atomic mass is 9.67. The molecule has 0 N–H and O–H groups in total. The van der Waals surface area contributed by atoms with Crippen LogP contribution in [0.3, 0.4) is 0 Å². The van der Waals surface area contributed by atoms with Crippen LogP contribution in [-0.4, -0.2) is 13.1 Å². The van der Waals surface area contributed by atoms with Crippen LogP contribution in [0, 0.1) is 17.3 Å². The van der Waals surface area contributed by atoms with Crippen molar-refractivity contribution < 1.29 is 9.53 Å². The van der Waals surface area contributed by atoms with Crippen LogP contribution in [0.15, 0.2) is 12.2 Å². The second-order valence-corrected chi connectivity index (χ2v) is 4.19. The van der Waals surface area contributed by atoms with Crippen LogP contribution in [0.5, 0.6) is 0 Å². The van der Waals surface area contributed by atoms with Gasteiger partial charge in [-0.15, -0.1) is 0 Å². The summed E-state index contributed by atoms with van der Waals surface area (Å²) in [6.07, 6.45) is 5.06. The van der Waals surface area contributed by atoms with Crippen LogP contribution in [0.1, 0.15) is 27.2 Å². The molecule has 3 atom stereocenters. The minimum atomic E-state index is -0.330. The molecule has 0 aliphatic heterocycles. The van der Waals surface area contributed by atoms with Crippen LogP contribution in [-0.2, 0) is 9.53 Å². The van der Waals surface area contributed by atoms with Gasteiger partial charge >= 0.3 is 5.97 Å². The highest BCUT2D eigenvalue weighted by Crippen LogP contribution is 2.41. The van der Waals surface area contributed by atoms with Gasteiger partial charge in [0.15, 0.2) is 0 Å². The Kier molecular flexibility index (Phi) is 2.79. The van der Waals surface area contributed by atoms with Gasteiger partial charge in [-0.3, -0.25) is 4.79 Å². The Morgan fingerprint density at radius 3 is 2.69 bits per heavy atom. The van der Waals surface area contributed by atoms with Gasteiger partial charge in [0.25, 0.3) is 0 Å². The van der Waals surface area contributed by atoms with Crippen molar-refractivity contribution in [2.45, 2.75) is 27.2 Å². The lowest BCUT2D eigenvalue weighted by Crippen LogP contribution is -2.39. The van der Waals surface area contributed by atoms with E-state index in [0.29, 0.717) is 11.8 Å². The molecule has 0 heterocycles. The first kappa shape index (κ1) is 10.3. The summed E-state index contributed by atoms with van der Waals surface area (Å²) < 4.78 is 4.84. The number of hydrogen-bond acceptors (Lipinski definition) is 2. The van der Waals surface area contributed by atoms with Crippen molar-refractivity contribution in [3.8, 4) is 0 Å². The van der Waals surface area contributed by atoms with E-state index in [-0.39, 0.29) is 11.4 Å². The molecule has 0 amide bonds. The third-order valence-corrected chi connectivity index (χ3v) is 3.43. The molecule has 0 radical (unpaired) electrons. The lowest BCUT2D eigenvalue weighted by Gasteiger charge is -2.37. The van der Waals surface area contributed by atoms with E-state index in [9.17, 15) is 4.79 Å². The average molecular weight is 182 g/mol. The minimum absolute atomic E-state index is 0.0869. The maximum absolute atomic E-state index is 11.6. The number of carbonyl (C=O) groups is 1. The van der Waals surface area contributed by atoms with Gasteiger partial charge in [0.1, 0.15) is 0 Å². The van der Waals surface area contributed by atoms with Gasteiger partial charge in [-0.2, -0.15) is 0 Å². The van der Waals surface area contributed by atoms with Crippen molar-refractivity contribution in [2.75, 3.05) is 7.11 Å². The second-order valence-electron chi connectivity index (χ2n) is 4.19. The summed E-state index contributed by atoms with van der Waals surface area (Å²) in [5, 5.41) is 0. The van der Waals surface area contributed by atoms with Crippen molar-refractivity contribution in [3.63, 3.8) is 0 Å². The zero-order valence-corrected chi connectivity index (χ0v) is 8.83. The molecule has 2 heteroatoms. The number of esters is 1. The lowest BCUT2D eigenvalue weighted by molar-refractivity contribution is -0.156. The summed E-state index contributed by atoms with van der Waals surface area (Å²) in [7, 11) is 1.46. The van der Waals surface area contributed by atoms with Crippen LogP contribution in [0.25, 0.3) is 0 Å². The molecule has 1 aliphatic carbocycles. The summed E-state index contributed by atoms with van der Waals surface area (Å²) in [6.45, 7) is 6.25. The first-order valence-corrected chi connectivity index (χ1v) is 4.77. The number of rotatable bonds is 1. The fourth-order valence-electron chi connectivity index (χ4n) is 1.96. The number of carbonyl (C=O) groups excluding carboxylic acids is 1. The molecular weight excluding hydrogens is 164 g/mol. The molecule has 0 saturated heterocycles. The van der Waals surface area contributed by atoms with Gasteiger partial charge < -0.3 is 4.74 Å². The molecule has 1 aliphatic rings. The first-order valence-electron chi connectivity index (χ1n) is 4.77. The van der Waals surface area contributed by atoms with Crippen LogP contribution < -0.4 is 0 Å². The summed E-state index contributed by atoms with van der Waals surface area (Å²) in [6, 6.07) is 0. The predicted molar refractivity (Wildman–Crippen MR) is 52.2 cm³/mol. The zero-order chi connectivity index (χ0) is 10.1. The Labute approximate surface area is 80.0 Å². The smallest absolute Gasteiger partial charge is 0.312 e. The Balaban J connectivity index is 2.90. The monoisotopic (exact) mass is 182 g/mol. The van der Waals surface area contributed by atoms with E-state index in [4.69, 9.17) is 4.74 Å². The van der Waals surface area contributed by atoms with E-state index in [1.807, 2.05) is 6.92 Å². The van der Waals surface area contributed by atoms with E-state index in [1.54, 1.807) is 0 Å². The highest BCUT2D eigenvalue weighted by molar-refractivity contribution is 5.77. The Morgan fingerprint density at radius 1 is 1.54 bits per heavy atom. The van der Waals surface area contributed by atoms with Gasteiger partial charge in [0.2, 0.25) is 0 Å². The van der Waals surface area contributed by atoms with E-state index in [1.165, 1.54) is 7.11 Å². The van der Waals surface area contributed by atoms with Crippen molar-refractivity contribution in [3.05, 3.63) is 12.2 Å². The molecule has 1 rings (SSSR count). The van der Waals surface area contributed by atoms with E-state index < -0.39 is 0 Å². The molecule has 0 unspecified atom stereocenters. The fraction of sp³-hybridized carbons (Fsp3) is 0.727. The molecular formula is C11H18O2. The largest absolute Gasteiger partial charge is 0.469 e. The van der Waals surface area contributed by atoms with Gasteiger partial charge in [-0.25, -0.2) is 0 Å². The number of hydrogen-bond donors (Lipinski definition) is 0. The minimum Gasteiger partial charge on any atom is -0.469 e. The molecule has 0 spiro atoms. The molecule has 0 aromatic heterocycles. The van der Waals surface area contributed by atoms with Gasteiger partial charge in [-0.1, -0.05) is 26.0 Å². The van der Waals surface area contributed by atoms with Crippen molar-refractivity contribution in [1.29, 1.82) is 0 Å². The van der Waals surface area contributed by atoms with Crippen LogP contribution in [0.4, 0.5) is 0 Å². The second kappa shape index (κ2) is 3.52. The molecule has 2 nitrogen and oxygen atoms in total. The third kappa shape index (κ3) is 1.62. The molecule has 13 heavy (non-hydrogen) atoms. The maximum atomic E-state index is 11.6. The predicted octanol–water partition coefficient (Wildman–Crippen LogP) is 2.40. The summed E-state index contributed by atoms with van der Waals surface area (Å²) >= 11 is 0. The number of allylic oxidation sites excluding steroid dienone is 2. The van der Waals surface area contributed by atoms with E-state index >= 15 is 0 Å². The van der Waals surface area contributed by atoms with Crippen molar-refractivity contribution in [1.82, 2.24) is 0 Å². The fourth-order valence-corrected chi connectivity index (χ4v) is 1.96. The topological polar surface area (TPSA) is 26.3 Å². The standard InChI is InChI=1S/C11H18O2/c1-8-6-5-7-11(3,9(8)2)10(12)13-4/h5-6,8-9H,7H2,1-4H3/t8-,9+,11+/m1/s1. The van der Waals surface area contributed by atoms with Crippen molar-refractivity contribution in [2.24, 2.45) is 17.3 Å². The summed E-state index contributed by atoms with van der Waals surface area (Å²) in [5.74, 6) is 0.721. The van der Waals surface area contributed by atoms with E-state index in [0.717, 1.165) is 6.42 Å². The first-order chi connectivity index (χ1) is 6.02. The molecule has 74 valence electrons. The summed E-state index contributed by atoms with van der Waals surface area (Å²) in [5.41, 5.74) is -0.330. The highest BCUT2D eigenvalue weighted by atomic mass is 16.5. The summed E-state index contributed by atoms with van der Waals surface area (Å²) in [4.78, 5) is 11.6. The van der Waals surface area contributed by atoms with Gasteiger partial charge in [0.05, 0.1) is 12.5 Å². The average Bonchev–Trinajstić information content (AvgIpc) is 2.13. The molecule has 0 aromatic carbocycles. The van der Waals surface area contributed by atoms with Crippen molar-refractivity contribution >= 4 is 5.97 Å². The number of methoxy groups -OCH3 is 1. The normalized spacial score (nSPS) is 38.8. The van der Waals surface area contributed by atoms with Crippen LogP contribution >= 0.6 is 0 Å². The SMILES string of the molecule is COC(=O)[C@@]1(C)CC=C[C@@H](C)[C@@H]1C. The van der Waals surface area contributed by atoms with Crippen LogP contribution in [0.2, 0.25) is 0 Å². The quantitative estimate of drug-likeness (QED) is 0.460. The van der Waals surface area contributed by atoms with E-state index in [2.05, 4.69) is 26.0 Å².